The SMILES string of the molecule is COc1ccc2c(c1)c([C@@H](C(=O)O)N1CCN(c3ccc(C(C)=O)cc3)CC1)cn2CC(=O)O. The number of carbonyl (C=O) groups is 3. The van der Waals surface area contributed by atoms with E-state index in [1.807, 2.05) is 17.0 Å². The van der Waals surface area contributed by atoms with Gasteiger partial charge in [-0.1, -0.05) is 0 Å². The van der Waals surface area contributed by atoms with Crippen LogP contribution in [0.15, 0.2) is 48.7 Å². The molecule has 0 radical (unpaired) electrons. The van der Waals surface area contributed by atoms with E-state index >= 15 is 0 Å². The molecule has 1 aliphatic heterocycles. The third-order valence-corrected chi connectivity index (χ3v) is 6.27. The van der Waals surface area contributed by atoms with Crippen molar-refractivity contribution in [2.75, 3.05) is 38.2 Å². The highest BCUT2D eigenvalue weighted by Crippen LogP contribution is 2.34. The van der Waals surface area contributed by atoms with Crippen LogP contribution in [-0.2, 0) is 16.1 Å². The van der Waals surface area contributed by atoms with E-state index in [9.17, 15) is 24.6 Å². The van der Waals surface area contributed by atoms with Gasteiger partial charge in [-0.3, -0.25) is 19.3 Å². The van der Waals surface area contributed by atoms with E-state index in [2.05, 4.69) is 4.90 Å². The molecule has 1 atom stereocenters. The monoisotopic (exact) mass is 465 g/mol. The molecular weight excluding hydrogens is 438 g/mol. The molecule has 0 aliphatic carbocycles. The number of benzene rings is 2. The number of fused-ring (bicyclic) bond motifs is 1. The molecular formula is C25H27N3O6. The zero-order chi connectivity index (χ0) is 24.4. The van der Waals surface area contributed by atoms with Crippen molar-refractivity contribution < 1.29 is 29.3 Å². The minimum Gasteiger partial charge on any atom is -0.497 e. The van der Waals surface area contributed by atoms with Crippen LogP contribution in [0, 0.1) is 0 Å². The minimum atomic E-state index is -1.00. The summed E-state index contributed by atoms with van der Waals surface area (Å²) in [4.78, 5) is 39.4. The summed E-state index contributed by atoms with van der Waals surface area (Å²) in [6, 6.07) is 11.7. The lowest BCUT2D eigenvalue weighted by Gasteiger charge is -2.38. The van der Waals surface area contributed by atoms with E-state index in [0.29, 0.717) is 54.0 Å². The predicted octanol–water partition coefficient (Wildman–Crippen LogP) is 2.89. The number of piperazine rings is 1. The van der Waals surface area contributed by atoms with Gasteiger partial charge < -0.3 is 24.4 Å². The molecule has 2 aromatic carbocycles. The quantitative estimate of drug-likeness (QED) is 0.489. The van der Waals surface area contributed by atoms with E-state index in [1.165, 1.54) is 14.0 Å². The van der Waals surface area contributed by atoms with Crippen LogP contribution in [-0.4, -0.2) is 70.7 Å². The van der Waals surface area contributed by atoms with E-state index < -0.39 is 18.0 Å². The summed E-state index contributed by atoms with van der Waals surface area (Å²) in [5.41, 5.74) is 2.83. The number of Topliss-reactive ketones (excluding diaryl/α,β-unsaturated/α-hetero) is 1. The Morgan fingerprint density at radius 1 is 1.00 bits per heavy atom. The Labute approximate surface area is 196 Å². The van der Waals surface area contributed by atoms with Crippen LogP contribution in [0.1, 0.15) is 28.9 Å². The zero-order valence-electron chi connectivity index (χ0n) is 19.1. The molecule has 9 nitrogen and oxygen atoms in total. The number of nitrogens with zero attached hydrogens (tertiary/aromatic N) is 3. The maximum Gasteiger partial charge on any atom is 0.325 e. The lowest BCUT2D eigenvalue weighted by atomic mass is 10.0. The molecule has 2 N–H and O–H groups in total. The second-order valence-corrected chi connectivity index (χ2v) is 8.36. The molecule has 34 heavy (non-hydrogen) atoms. The maximum absolute atomic E-state index is 12.4. The molecule has 4 rings (SSSR count). The fourth-order valence-corrected chi connectivity index (χ4v) is 4.56. The first-order valence-corrected chi connectivity index (χ1v) is 11.0. The van der Waals surface area contributed by atoms with Gasteiger partial charge in [-0.15, -0.1) is 0 Å². The van der Waals surface area contributed by atoms with E-state index in [4.69, 9.17) is 4.74 Å². The van der Waals surface area contributed by atoms with Gasteiger partial charge in [-0.05, 0) is 49.4 Å². The largest absolute Gasteiger partial charge is 0.497 e. The summed E-state index contributed by atoms with van der Waals surface area (Å²) < 4.78 is 6.89. The number of hydrogen-bond acceptors (Lipinski definition) is 6. The number of aliphatic carboxylic acids is 2. The van der Waals surface area contributed by atoms with Crippen LogP contribution in [0.4, 0.5) is 5.69 Å². The molecule has 0 unspecified atom stereocenters. The number of anilines is 1. The average molecular weight is 466 g/mol. The first-order valence-electron chi connectivity index (χ1n) is 11.0. The zero-order valence-corrected chi connectivity index (χ0v) is 19.1. The molecule has 0 saturated carbocycles. The first kappa shape index (κ1) is 23.3. The molecule has 0 bridgehead atoms. The maximum atomic E-state index is 12.4. The smallest absolute Gasteiger partial charge is 0.325 e. The number of methoxy groups -OCH3 is 1. The number of rotatable bonds is 8. The number of carbonyl (C=O) groups excluding carboxylic acids is 1. The number of ketones is 1. The van der Waals surface area contributed by atoms with E-state index in [-0.39, 0.29) is 12.3 Å². The van der Waals surface area contributed by atoms with Crippen LogP contribution >= 0.6 is 0 Å². The molecule has 1 fully saturated rings. The van der Waals surface area contributed by atoms with Crippen molar-refractivity contribution in [1.29, 1.82) is 0 Å². The Balaban J connectivity index is 1.61. The van der Waals surface area contributed by atoms with Crippen molar-refractivity contribution in [2.24, 2.45) is 0 Å². The highest BCUT2D eigenvalue weighted by Gasteiger charge is 2.33. The van der Waals surface area contributed by atoms with Gasteiger partial charge in [0.05, 0.1) is 7.11 Å². The predicted molar refractivity (Wildman–Crippen MR) is 127 cm³/mol. The molecule has 178 valence electrons. The van der Waals surface area contributed by atoms with E-state index in [0.717, 1.165) is 5.69 Å². The highest BCUT2D eigenvalue weighted by atomic mass is 16.5. The summed E-state index contributed by atoms with van der Waals surface area (Å²) in [5, 5.41) is 20.2. The standard InChI is InChI=1S/C25H27N3O6/c1-16(29)17-3-5-18(6-4-17)26-9-11-27(12-10-26)24(25(32)33)21-14-28(15-23(30)31)22-8-7-19(34-2)13-20(21)22/h3-8,13-14,24H,9-12,15H2,1-2H3,(H,30,31)(H,32,33)/t24-/m0/s1. The lowest BCUT2D eigenvalue weighted by Crippen LogP contribution is -2.49. The summed E-state index contributed by atoms with van der Waals surface area (Å²) in [6.07, 6.45) is 1.63. The van der Waals surface area contributed by atoms with Crippen LogP contribution in [0.5, 0.6) is 5.75 Å². The van der Waals surface area contributed by atoms with Crippen molar-refractivity contribution in [3.63, 3.8) is 0 Å². The van der Waals surface area contributed by atoms with Crippen molar-refractivity contribution in [2.45, 2.75) is 19.5 Å². The number of carboxylic acids is 2. The Bertz CT molecular complexity index is 1230. The molecule has 3 aromatic rings. The molecule has 1 aliphatic rings. The fourth-order valence-electron chi connectivity index (χ4n) is 4.56. The molecule has 0 amide bonds. The second-order valence-electron chi connectivity index (χ2n) is 8.36. The summed E-state index contributed by atoms with van der Waals surface area (Å²) in [7, 11) is 1.53. The first-order chi connectivity index (χ1) is 16.3. The van der Waals surface area contributed by atoms with Crippen LogP contribution in [0.3, 0.4) is 0 Å². The van der Waals surface area contributed by atoms with Gasteiger partial charge in [-0.25, -0.2) is 0 Å². The van der Waals surface area contributed by atoms with Crippen molar-refractivity contribution in [3.05, 3.63) is 59.8 Å². The molecule has 1 saturated heterocycles. The van der Waals surface area contributed by atoms with Crippen LogP contribution in [0.25, 0.3) is 10.9 Å². The number of ether oxygens (including phenoxy) is 1. The summed E-state index contributed by atoms with van der Waals surface area (Å²) in [6.45, 7) is 3.55. The van der Waals surface area contributed by atoms with Gasteiger partial charge in [0, 0.05) is 60.1 Å². The Morgan fingerprint density at radius 3 is 2.24 bits per heavy atom. The highest BCUT2D eigenvalue weighted by molar-refractivity contribution is 5.94. The van der Waals surface area contributed by atoms with Gasteiger partial charge in [-0.2, -0.15) is 0 Å². The van der Waals surface area contributed by atoms with Gasteiger partial charge in [0.1, 0.15) is 18.3 Å². The van der Waals surface area contributed by atoms with E-state index in [1.54, 1.807) is 41.1 Å². The lowest BCUT2D eigenvalue weighted by molar-refractivity contribution is -0.143. The summed E-state index contributed by atoms with van der Waals surface area (Å²) in [5.74, 6) is -1.41. The normalized spacial score (nSPS) is 15.3. The van der Waals surface area contributed by atoms with Crippen LogP contribution in [0.2, 0.25) is 0 Å². The number of carboxylic acid groups (broad SMARTS) is 2. The Hall–Kier alpha value is -3.85. The fraction of sp³-hybridized carbons (Fsp3) is 0.320. The number of aromatic nitrogens is 1. The average Bonchev–Trinajstić information content (AvgIpc) is 3.15. The molecule has 9 heteroatoms. The van der Waals surface area contributed by atoms with Gasteiger partial charge in [0.15, 0.2) is 5.78 Å². The molecule has 2 heterocycles. The Kier molecular flexibility index (Phi) is 6.56. The Morgan fingerprint density at radius 2 is 1.68 bits per heavy atom. The minimum absolute atomic E-state index is 0.0133. The molecule has 1 aromatic heterocycles. The van der Waals surface area contributed by atoms with Gasteiger partial charge in [0.25, 0.3) is 0 Å². The third kappa shape index (κ3) is 4.60. The molecule has 0 spiro atoms. The summed E-state index contributed by atoms with van der Waals surface area (Å²) >= 11 is 0. The van der Waals surface area contributed by atoms with Crippen molar-refractivity contribution in [1.82, 2.24) is 9.47 Å². The topological polar surface area (TPSA) is 112 Å². The van der Waals surface area contributed by atoms with Crippen molar-refractivity contribution in [3.8, 4) is 5.75 Å². The number of hydrogen-bond donors (Lipinski definition) is 2. The second kappa shape index (κ2) is 9.56. The van der Waals surface area contributed by atoms with Gasteiger partial charge in [0.2, 0.25) is 0 Å². The van der Waals surface area contributed by atoms with Crippen molar-refractivity contribution >= 4 is 34.3 Å². The van der Waals surface area contributed by atoms with Gasteiger partial charge >= 0.3 is 11.9 Å². The van der Waals surface area contributed by atoms with Crippen LogP contribution < -0.4 is 9.64 Å². The third-order valence-electron chi connectivity index (χ3n) is 6.27.